The summed E-state index contributed by atoms with van der Waals surface area (Å²) in [5.74, 6) is 0.952. The average molecular weight is 320 g/mol. The molecule has 0 spiro atoms. The highest BCUT2D eigenvalue weighted by molar-refractivity contribution is 9.10. The van der Waals surface area contributed by atoms with Crippen LogP contribution in [0.2, 0.25) is 0 Å². The van der Waals surface area contributed by atoms with E-state index >= 15 is 0 Å². The van der Waals surface area contributed by atoms with Gasteiger partial charge in [-0.3, -0.25) is 0 Å². The van der Waals surface area contributed by atoms with Crippen molar-refractivity contribution in [3.8, 4) is 5.75 Å². The molecule has 0 fully saturated rings. The fourth-order valence-electron chi connectivity index (χ4n) is 1.94. The summed E-state index contributed by atoms with van der Waals surface area (Å²) in [6, 6.07) is 16.5. The average Bonchev–Trinajstić information content (AvgIpc) is 2.43. The molecule has 3 heteroatoms. The van der Waals surface area contributed by atoms with Crippen LogP contribution < -0.4 is 10.1 Å². The van der Waals surface area contributed by atoms with Gasteiger partial charge in [-0.1, -0.05) is 46.3 Å². The van der Waals surface area contributed by atoms with Gasteiger partial charge in [0.15, 0.2) is 0 Å². The number of rotatable bonds is 6. The first-order valence-corrected chi connectivity index (χ1v) is 7.18. The summed E-state index contributed by atoms with van der Waals surface area (Å²) in [4.78, 5) is 0. The number of hydrogen-bond donors (Lipinski definition) is 1. The molecule has 2 rings (SSSR count). The second-order valence-corrected chi connectivity index (χ2v) is 5.28. The van der Waals surface area contributed by atoms with Gasteiger partial charge < -0.3 is 10.1 Å². The van der Waals surface area contributed by atoms with Gasteiger partial charge in [-0.2, -0.15) is 0 Å². The minimum absolute atomic E-state index is 0.697. The van der Waals surface area contributed by atoms with Crippen molar-refractivity contribution < 1.29 is 4.74 Å². The third-order valence-electron chi connectivity index (χ3n) is 2.88. The van der Waals surface area contributed by atoms with E-state index in [-0.39, 0.29) is 0 Å². The van der Waals surface area contributed by atoms with E-state index in [9.17, 15) is 0 Å². The fourth-order valence-corrected chi connectivity index (χ4v) is 2.35. The van der Waals surface area contributed by atoms with Crippen LogP contribution >= 0.6 is 15.9 Å². The van der Waals surface area contributed by atoms with Gasteiger partial charge in [0.05, 0.1) is 6.61 Å². The van der Waals surface area contributed by atoms with E-state index < -0.39 is 0 Å². The zero-order chi connectivity index (χ0) is 13.5. The first-order chi connectivity index (χ1) is 9.29. The molecule has 0 amide bonds. The molecule has 2 nitrogen and oxygen atoms in total. The van der Waals surface area contributed by atoms with E-state index in [0.29, 0.717) is 6.61 Å². The number of hydrogen-bond acceptors (Lipinski definition) is 2. The van der Waals surface area contributed by atoms with Crippen LogP contribution in [-0.4, -0.2) is 13.7 Å². The maximum atomic E-state index is 5.89. The smallest absolute Gasteiger partial charge is 0.123 e. The molecule has 100 valence electrons. The number of benzene rings is 2. The molecule has 2 aromatic carbocycles. The summed E-state index contributed by atoms with van der Waals surface area (Å²) >= 11 is 3.49. The molecule has 0 bridgehead atoms. The predicted molar refractivity (Wildman–Crippen MR) is 82.5 cm³/mol. The molecule has 0 saturated heterocycles. The van der Waals surface area contributed by atoms with Crippen molar-refractivity contribution in [1.82, 2.24) is 5.32 Å². The standard InChI is InChI=1S/C16H18BrNO/c1-18-12-14-11-15(17)7-8-16(14)19-10-9-13-5-3-2-4-6-13/h2-8,11,18H,9-10,12H2,1H3. The molecule has 0 heterocycles. The lowest BCUT2D eigenvalue weighted by molar-refractivity contribution is 0.318. The third-order valence-corrected chi connectivity index (χ3v) is 3.37. The molecular weight excluding hydrogens is 302 g/mol. The summed E-state index contributed by atoms with van der Waals surface area (Å²) in [7, 11) is 1.94. The molecule has 0 radical (unpaired) electrons. The molecule has 0 saturated carbocycles. The SMILES string of the molecule is CNCc1cc(Br)ccc1OCCc1ccccc1. The van der Waals surface area contributed by atoms with Gasteiger partial charge in [-0.05, 0) is 30.8 Å². The Balaban J connectivity index is 1.95. The van der Waals surface area contributed by atoms with Gasteiger partial charge in [0.2, 0.25) is 0 Å². The van der Waals surface area contributed by atoms with Crippen molar-refractivity contribution in [1.29, 1.82) is 0 Å². The van der Waals surface area contributed by atoms with Crippen molar-refractivity contribution in [3.63, 3.8) is 0 Å². The molecule has 0 aliphatic heterocycles. The van der Waals surface area contributed by atoms with Gasteiger partial charge in [-0.25, -0.2) is 0 Å². The van der Waals surface area contributed by atoms with Crippen LogP contribution in [0, 0.1) is 0 Å². The van der Waals surface area contributed by atoms with E-state index in [2.05, 4.69) is 51.6 Å². The Labute approximate surface area is 122 Å². The maximum Gasteiger partial charge on any atom is 0.123 e. The van der Waals surface area contributed by atoms with Crippen LogP contribution in [-0.2, 0) is 13.0 Å². The molecule has 0 atom stereocenters. The molecular formula is C16H18BrNO. The van der Waals surface area contributed by atoms with Crippen molar-refractivity contribution >= 4 is 15.9 Å². The van der Waals surface area contributed by atoms with Gasteiger partial charge in [-0.15, -0.1) is 0 Å². The Bertz CT molecular complexity index is 513. The van der Waals surface area contributed by atoms with Crippen LogP contribution in [0.5, 0.6) is 5.75 Å². The van der Waals surface area contributed by atoms with E-state index in [0.717, 1.165) is 23.2 Å². The second kappa shape index (κ2) is 7.31. The molecule has 2 aromatic rings. The summed E-state index contributed by atoms with van der Waals surface area (Å²) in [6.45, 7) is 1.50. The van der Waals surface area contributed by atoms with E-state index in [1.807, 2.05) is 25.2 Å². The third kappa shape index (κ3) is 4.37. The van der Waals surface area contributed by atoms with Crippen LogP contribution in [0.4, 0.5) is 0 Å². The summed E-state index contributed by atoms with van der Waals surface area (Å²) in [5, 5.41) is 3.16. The Morgan fingerprint density at radius 3 is 2.63 bits per heavy atom. The number of halogens is 1. The minimum atomic E-state index is 0.697. The number of ether oxygens (including phenoxy) is 1. The van der Waals surface area contributed by atoms with Gasteiger partial charge in [0.25, 0.3) is 0 Å². The Kier molecular flexibility index (Phi) is 5.43. The van der Waals surface area contributed by atoms with Crippen LogP contribution in [0.3, 0.4) is 0 Å². The first kappa shape index (κ1) is 14.1. The van der Waals surface area contributed by atoms with Crippen LogP contribution in [0.25, 0.3) is 0 Å². The molecule has 0 unspecified atom stereocenters. The van der Waals surface area contributed by atoms with Crippen LogP contribution in [0.1, 0.15) is 11.1 Å². The highest BCUT2D eigenvalue weighted by Crippen LogP contribution is 2.23. The molecule has 0 aliphatic carbocycles. The molecule has 0 aliphatic rings. The maximum absolute atomic E-state index is 5.89. The second-order valence-electron chi connectivity index (χ2n) is 4.37. The Hall–Kier alpha value is -1.32. The Morgan fingerprint density at radius 2 is 1.89 bits per heavy atom. The molecule has 19 heavy (non-hydrogen) atoms. The van der Waals surface area contributed by atoms with E-state index in [1.54, 1.807) is 0 Å². The van der Waals surface area contributed by atoms with Crippen molar-refractivity contribution in [3.05, 3.63) is 64.1 Å². The topological polar surface area (TPSA) is 21.3 Å². The largest absolute Gasteiger partial charge is 0.493 e. The quantitative estimate of drug-likeness (QED) is 0.874. The molecule has 0 aromatic heterocycles. The molecule has 1 N–H and O–H groups in total. The lowest BCUT2D eigenvalue weighted by atomic mass is 10.1. The fraction of sp³-hybridized carbons (Fsp3) is 0.250. The lowest BCUT2D eigenvalue weighted by Gasteiger charge is -2.12. The van der Waals surface area contributed by atoms with E-state index in [4.69, 9.17) is 4.74 Å². The van der Waals surface area contributed by atoms with Gasteiger partial charge in [0, 0.05) is 23.0 Å². The summed E-state index contributed by atoms with van der Waals surface area (Å²) < 4.78 is 6.96. The summed E-state index contributed by atoms with van der Waals surface area (Å²) in [6.07, 6.45) is 0.926. The zero-order valence-corrected chi connectivity index (χ0v) is 12.6. The first-order valence-electron chi connectivity index (χ1n) is 6.39. The monoisotopic (exact) mass is 319 g/mol. The number of nitrogens with one attached hydrogen (secondary N) is 1. The predicted octanol–water partition coefficient (Wildman–Crippen LogP) is 3.79. The highest BCUT2D eigenvalue weighted by atomic mass is 79.9. The van der Waals surface area contributed by atoms with Gasteiger partial charge in [0.1, 0.15) is 5.75 Å². The van der Waals surface area contributed by atoms with Crippen molar-refractivity contribution in [2.24, 2.45) is 0 Å². The van der Waals surface area contributed by atoms with Crippen molar-refractivity contribution in [2.45, 2.75) is 13.0 Å². The van der Waals surface area contributed by atoms with Gasteiger partial charge >= 0.3 is 0 Å². The normalized spacial score (nSPS) is 10.4. The highest BCUT2D eigenvalue weighted by Gasteiger charge is 2.04. The van der Waals surface area contributed by atoms with Crippen molar-refractivity contribution in [2.75, 3.05) is 13.7 Å². The summed E-state index contributed by atoms with van der Waals surface area (Å²) in [5.41, 5.74) is 2.47. The van der Waals surface area contributed by atoms with E-state index in [1.165, 1.54) is 11.1 Å². The minimum Gasteiger partial charge on any atom is -0.493 e. The zero-order valence-electron chi connectivity index (χ0n) is 11.0. The lowest BCUT2D eigenvalue weighted by Crippen LogP contribution is -2.09. The Morgan fingerprint density at radius 1 is 1.11 bits per heavy atom. The van der Waals surface area contributed by atoms with Crippen LogP contribution in [0.15, 0.2) is 53.0 Å².